The third-order valence-electron chi connectivity index (χ3n) is 3.46. The smallest absolute Gasteiger partial charge is 0.124 e. The number of ether oxygens (including phenoxy) is 1. The number of rotatable bonds is 4. The molecule has 106 valence electrons. The van der Waals surface area contributed by atoms with E-state index in [1.54, 1.807) is 0 Å². The van der Waals surface area contributed by atoms with E-state index >= 15 is 0 Å². The maximum atomic E-state index is 5.75. The number of halogens is 2. The highest BCUT2D eigenvalue weighted by Gasteiger charge is 2.18. The molecule has 1 unspecified atom stereocenters. The summed E-state index contributed by atoms with van der Waals surface area (Å²) in [4.78, 5) is 0.126. The first-order valence-electron chi connectivity index (χ1n) is 6.67. The van der Waals surface area contributed by atoms with E-state index in [2.05, 4.69) is 70.0 Å². The van der Waals surface area contributed by atoms with Gasteiger partial charge in [-0.25, -0.2) is 0 Å². The number of benzene rings is 2. The standard InChI is InChI=1S/C17H18Br2O/c1-4-20-16-9-8-13(18)10-15(16)17(19)14-7-5-6-11(2)12(14)3/h5-10,17H,4H2,1-3H3. The Balaban J connectivity index is 2.49. The van der Waals surface area contributed by atoms with Crippen LogP contribution in [0.2, 0.25) is 0 Å². The predicted octanol–water partition coefficient (Wildman–Crippen LogP) is 5.95. The van der Waals surface area contributed by atoms with E-state index in [0.717, 1.165) is 15.8 Å². The van der Waals surface area contributed by atoms with Crippen molar-refractivity contribution >= 4 is 31.9 Å². The lowest BCUT2D eigenvalue weighted by atomic mass is 9.97. The van der Waals surface area contributed by atoms with Crippen molar-refractivity contribution in [1.82, 2.24) is 0 Å². The number of aryl methyl sites for hydroxylation is 1. The second kappa shape index (κ2) is 6.77. The van der Waals surface area contributed by atoms with Crippen LogP contribution >= 0.6 is 31.9 Å². The van der Waals surface area contributed by atoms with Gasteiger partial charge in [-0.2, -0.15) is 0 Å². The zero-order valence-corrected chi connectivity index (χ0v) is 15.1. The van der Waals surface area contributed by atoms with E-state index in [9.17, 15) is 0 Å². The Morgan fingerprint density at radius 2 is 1.85 bits per heavy atom. The van der Waals surface area contributed by atoms with Crippen molar-refractivity contribution in [2.45, 2.75) is 25.6 Å². The monoisotopic (exact) mass is 396 g/mol. The molecule has 0 aliphatic rings. The van der Waals surface area contributed by atoms with Crippen molar-refractivity contribution < 1.29 is 4.74 Å². The highest BCUT2D eigenvalue weighted by molar-refractivity contribution is 9.10. The van der Waals surface area contributed by atoms with Gasteiger partial charge in [-0.15, -0.1) is 0 Å². The maximum Gasteiger partial charge on any atom is 0.124 e. The summed E-state index contributed by atoms with van der Waals surface area (Å²) >= 11 is 7.38. The first-order chi connectivity index (χ1) is 9.54. The molecular weight excluding hydrogens is 380 g/mol. The highest BCUT2D eigenvalue weighted by atomic mass is 79.9. The van der Waals surface area contributed by atoms with Crippen LogP contribution in [0.15, 0.2) is 40.9 Å². The van der Waals surface area contributed by atoms with Gasteiger partial charge < -0.3 is 4.74 Å². The van der Waals surface area contributed by atoms with Crippen molar-refractivity contribution in [3.8, 4) is 5.75 Å². The molecule has 0 aromatic heterocycles. The Morgan fingerprint density at radius 1 is 1.10 bits per heavy atom. The van der Waals surface area contributed by atoms with Crippen LogP contribution in [0.1, 0.15) is 34.0 Å². The van der Waals surface area contributed by atoms with Gasteiger partial charge >= 0.3 is 0 Å². The molecule has 0 saturated carbocycles. The normalized spacial score (nSPS) is 12.2. The van der Waals surface area contributed by atoms with Crippen molar-refractivity contribution in [3.05, 3.63) is 63.1 Å². The van der Waals surface area contributed by atoms with Crippen LogP contribution in [0.3, 0.4) is 0 Å². The summed E-state index contributed by atoms with van der Waals surface area (Å²) in [7, 11) is 0. The summed E-state index contributed by atoms with van der Waals surface area (Å²) < 4.78 is 6.81. The van der Waals surface area contributed by atoms with Gasteiger partial charge in [-0.3, -0.25) is 0 Å². The van der Waals surface area contributed by atoms with Crippen molar-refractivity contribution in [3.63, 3.8) is 0 Å². The molecule has 2 aromatic rings. The van der Waals surface area contributed by atoms with Crippen molar-refractivity contribution in [2.75, 3.05) is 6.61 Å². The summed E-state index contributed by atoms with van der Waals surface area (Å²) in [5.74, 6) is 0.929. The Hall–Kier alpha value is -0.800. The van der Waals surface area contributed by atoms with E-state index in [0.29, 0.717) is 6.61 Å². The fourth-order valence-corrected chi connectivity index (χ4v) is 3.45. The zero-order chi connectivity index (χ0) is 14.7. The molecule has 0 heterocycles. The Labute approximate surface area is 137 Å². The highest BCUT2D eigenvalue weighted by Crippen LogP contribution is 2.39. The molecule has 0 bridgehead atoms. The van der Waals surface area contributed by atoms with Crippen LogP contribution in [-0.2, 0) is 0 Å². The van der Waals surface area contributed by atoms with Crippen LogP contribution in [0.25, 0.3) is 0 Å². The zero-order valence-electron chi connectivity index (χ0n) is 11.9. The van der Waals surface area contributed by atoms with Crippen LogP contribution in [0, 0.1) is 13.8 Å². The third-order valence-corrected chi connectivity index (χ3v) is 4.94. The van der Waals surface area contributed by atoms with Gasteiger partial charge in [0, 0.05) is 10.0 Å². The van der Waals surface area contributed by atoms with Crippen molar-refractivity contribution in [2.24, 2.45) is 0 Å². The largest absolute Gasteiger partial charge is 0.494 e. The first-order valence-corrected chi connectivity index (χ1v) is 8.38. The molecule has 20 heavy (non-hydrogen) atoms. The van der Waals surface area contributed by atoms with E-state index < -0.39 is 0 Å². The summed E-state index contributed by atoms with van der Waals surface area (Å²) in [5, 5.41) is 0. The molecule has 0 saturated heterocycles. The Bertz CT molecular complexity index is 608. The molecule has 0 amide bonds. The summed E-state index contributed by atoms with van der Waals surface area (Å²) in [5.41, 5.74) is 5.05. The van der Waals surface area contributed by atoms with Crippen LogP contribution in [-0.4, -0.2) is 6.61 Å². The lowest BCUT2D eigenvalue weighted by molar-refractivity contribution is 0.337. The molecule has 0 radical (unpaired) electrons. The van der Waals surface area contributed by atoms with E-state index in [4.69, 9.17) is 4.74 Å². The first kappa shape index (κ1) is 15.6. The quantitative estimate of drug-likeness (QED) is 0.579. The molecular formula is C17H18Br2O. The summed E-state index contributed by atoms with van der Waals surface area (Å²) in [6.07, 6.45) is 0. The predicted molar refractivity (Wildman–Crippen MR) is 92.0 cm³/mol. The Kier molecular flexibility index (Phi) is 5.28. The molecule has 0 aliphatic heterocycles. The van der Waals surface area contributed by atoms with Gasteiger partial charge in [0.15, 0.2) is 0 Å². The lowest BCUT2D eigenvalue weighted by Gasteiger charge is -2.18. The van der Waals surface area contributed by atoms with Gasteiger partial charge in [-0.1, -0.05) is 50.1 Å². The summed E-state index contributed by atoms with van der Waals surface area (Å²) in [6.45, 7) is 6.98. The minimum atomic E-state index is 0.126. The van der Waals surface area contributed by atoms with Gasteiger partial charge in [-0.05, 0) is 55.7 Å². The second-order valence-electron chi connectivity index (χ2n) is 4.77. The molecule has 2 aromatic carbocycles. The third kappa shape index (κ3) is 3.26. The minimum Gasteiger partial charge on any atom is -0.494 e. The van der Waals surface area contributed by atoms with E-state index in [1.807, 2.05) is 19.1 Å². The minimum absolute atomic E-state index is 0.126. The molecule has 1 nitrogen and oxygen atoms in total. The molecule has 0 N–H and O–H groups in total. The summed E-state index contributed by atoms with van der Waals surface area (Å²) in [6, 6.07) is 12.6. The van der Waals surface area contributed by atoms with Gasteiger partial charge in [0.05, 0.1) is 11.4 Å². The topological polar surface area (TPSA) is 9.23 Å². The van der Waals surface area contributed by atoms with Crippen LogP contribution in [0.5, 0.6) is 5.75 Å². The molecule has 1 atom stereocenters. The molecule has 0 fully saturated rings. The molecule has 3 heteroatoms. The SMILES string of the molecule is CCOc1ccc(Br)cc1C(Br)c1cccc(C)c1C. The van der Waals surface area contributed by atoms with Gasteiger partial charge in [0.1, 0.15) is 5.75 Å². The average Bonchev–Trinajstić information content (AvgIpc) is 2.43. The van der Waals surface area contributed by atoms with Crippen LogP contribution in [0.4, 0.5) is 0 Å². The van der Waals surface area contributed by atoms with E-state index in [-0.39, 0.29) is 4.83 Å². The van der Waals surface area contributed by atoms with Gasteiger partial charge in [0.2, 0.25) is 0 Å². The molecule has 0 aliphatic carbocycles. The number of alkyl halides is 1. The molecule has 0 spiro atoms. The average molecular weight is 398 g/mol. The van der Waals surface area contributed by atoms with Gasteiger partial charge in [0.25, 0.3) is 0 Å². The van der Waals surface area contributed by atoms with Crippen molar-refractivity contribution in [1.29, 1.82) is 0 Å². The molecule has 2 rings (SSSR count). The van der Waals surface area contributed by atoms with Crippen LogP contribution < -0.4 is 4.74 Å². The second-order valence-corrected chi connectivity index (χ2v) is 6.60. The maximum absolute atomic E-state index is 5.75. The number of hydrogen-bond donors (Lipinski definition) is 0. The lowest BCUT2D eigenvalue weighted by Crippen LogP contribution is -2.02. The number of hydrogen-bond acceptors (Lipinski definition) is 1. The Morgan fingerprint density at radius 3 is 2.55 bits per heavy atom. The fourth-order valence-electron chi connectivity index (χ4n) is 2.22. The van der Waals surface area contributed by atoms with E-state index in [1.165, 1.54) is 16.7 Å². The fraction of sp³-hybridized carbons (Fsp3) is 0.294.